The monoisotopic (exact) mass is 197 g/mol. The maximum absolute atomic E-state index is 10.3. The quantitative estimate of drug-likeness (QED) is 0.742. The highest BCUT2D eigenvalue weighted by Gasteiger charge is 2.31. The molecular weight excluding hydrogens is 182 g/mol. The van der Waals surface area contributed by atoms with Gasteiger partial charge in [-0.25, -0.2) is 4.99 Å². The fraction of sp³-hybridized carbons (Fsp3) is 0.800. The van der Waals surface area contributed by atoms with Crippen molar-refractivity contribution in [2.45, 2.75) is 38.1 Å². The van der Waals surface area contributed by atoms with Crippen molar-refractivity contribution in [1.29, 1.82) is 0 Å². The number of ether oxygens (including phenoxy) is 1. The average Bonchev–Trinajstić information content (AvgIpc) is 2.46. The summed E-state index contributed by atoms with van der Waals surface area (Å²) in [6.07, 6.45) is 4.38. The van der Waals surface area contributed by atoms with Crippen molar-refractivity contribution in [1.82, 2.24) is 0 Å². The molecule has 0 radical (unpaired) electrons. The molecule has 1 atom stereocenters. The third-order valence-electron chi connectivity index (χ3n) is 2.98. The molecule has 0 saturated heterocycles. The second-order valence-corrected chi connectivity index (χ2v) is 3.99. The van der Waals surface area contributed by atoms with Gasteiger partial charge in [-0.2, -0.15) is 0 Å². The second-order valence-electron chi connectivity index (χ2n) is 3.99. The van der Waals surface area contributed by atoms with Crippen molar-refractivity contribution < 1.29 is 14.6 Å². The zero-order valence-corrected chi connectivity index (χ0v) is 8.11. The summed E-state index contributed by atoms with van der Waals surface area (Å²) in [6.45, 7) is 0.666. The molecule has 0 bridgehead atoms. The van der Waals surface area contributed by atoms with Gasteiger partial charge in [-0.1, -0.05) is 6.42 Å². The number of hydrogen-bond donors (Lipinski definition) is 1. The number of aliphatic imine (C=N–C) groups is 1. The van der Waals surface area contributed by atoms with Gasteiger partial charge in [0.2, 0.25) is 0 Å². The fourth-order valence-electron chi connectivity index (χ4n) is 1.86. The fourth-order valence-corrected chi connectivity index (χ4v) is 1.86. The van der Waals surface area contributed by atoms with E-state index in [1.54, 1.807) is 0 Å². The third-order valence-corrected chi connectivity index (χ3v) is 2.98. The first-order valence-corrected chi connectivity index (χ1v) is 5.17. The minimum Gasteiger partial charge on any atom is -0.481 e. The first kappa shape index (κ1) is 9.49. The molecule has 1 unspecified atom stereocenters. The second kappa shape index (κ2) is 3.98. The van der Waals surface area contributed by atoms with E-state index in [0.29, 0.717) is 30.9 Å². The minimum atomic E-state index is -0.789. The molecule has 0 aromatic heterocycles. The van der Waals surface area contributed by atoms with Gasteiger partial charge in [0.25, 0.3) is 0 Å². The van der Waals surface area contributed by atoms with Crippen LogP contribution in [0.25, 0.3) is 0 Å². The van der Waals surface area contributed by atoms with Crippen molar-refractivity contribution >= 4 is 11.9 Å². The Morgan fingerprint density at radius 1 is 1.57 bits per heavy atom. The first-order chi connectivity index (χ1) is 6.75. The van der Waals surface area contributed by atoms with Crippen LogP contribution < -0.4 is 0 Å². The van der Waals surface area contributed by atoms with E-state index in [1.165, 1.54) is 19.3 Å². The molecule has 78 valence electrons. The lowest BCUT2D eigenvalue weighted by Crippen LogP contribution is -2.26. The third kappa shape index (κ3) is 2.05. The van der Waals surface area contributed by atoms with Crippen molar-refractivity contribution in [2.75, 3.05) is 6.61 Å². The molecule has 0 aromatic rings. The lowest BCUT2D eigenvalue weighted by Gasteiger charge is -2.27. The van der Waals surface area contributed by atoms with E-state index < -0.39 is 5.97 Å². The lowest BCUT2D eigenvalue weighted by molar-refractivity contribution is -0.136. The molecule has 1 aliphatic heterocycles. The Labute approximate surface area is 83.0 Å². The van der Waals surface area contributed by atoms with Gasteiger partial charge >= 0.3 is 5.97 Å². The van der Waals surface area contributed by atoms with Crippen molar-refractivity contribution in [3.8, 4) is 0 Å². The van der Waals surface area contributed by atoms with Crippen molar-refractivity contribution in [3.63, 3.8) is 0 Å². The number of carboxylic acid groups (broad SMARTS) is 1. The number of aliphatic carboxylic acids is 1. The summed E-state index contributed by atoms with van der Waals surface area (Å²) in [5.74, 6) is 0.546. The van der Waals surface area contributed by atoms with Crippen LogP contribution in [0.1, 0.15) is 32.1 Å². The molecule has 0 spiro atoms. The summed E-state index contributed by atoms with van der Waals surface area (Å²) in [6, 6.07) is 0.313. The Morgan fingerprint density at radius 3 is 2.93 bits per heavy atom. The zero-order valence-electron chi connectivity index (χ0n) is 8.11. The van der Waals surface area contributed by atoms with Gasteiger partial charge in [-0.05, 0) is 18.8 Å². The highest BCUT2D eigenvalue weighted by Crippen LogP contribution is 2.33. The number of rotatable bonds is 4. The summed E-state index contributed by atoms with van der Waals surface area (Å²) < 4.78 is 5.36. The first-order valence-electron chi connectivity index (χ1n) is 5.17. The Morgan fingerprint density at radius 2 is 2.36 bits per heavy atom. The van der Waals surface area contributed by atoms with Crippen LogP contribution >= 0.6 is 0 Å². The molecule has 1 heterocycles. The van der Waals surface area contributed by atoms with Crippen LogP contribution in [0.5, 0.6) is 0 Å². The SMILES string of the molecule is O=C(O)CCC1=NC(C2CCC2)CO1. The molecule has 1 fully saturated rings. The number of carbonyl (C=O) groups is 1. The lowest BCUT2D eigenvalue weighted by atomic mass is 9.80. The molecule has 14 heavy (non-hydrogen) atoms. The normalized spacial score (nSPS) is 26.6. The zero-order chi connectivity index (χ0) is 9.97. The maximum Gasteiger partial charge on any atom is 0.303 e. The smallest absolute Gasteiger partial charge is 0.303 e. The van der Waals surface area contributed by atoms with Crippen molar-refractivity contribution in [2.24, 2.45) is 10.9 Å². The van der Waals surface area contributed by atoms with E-state index in [1.807, 2.05) is 0 Å². The maximum atomic E-state index is 10.3. The van der Waals surface area contributed by atoms with E-state index in [9.17, 15) is 4.79 Å². The summed E-state index contributed by atoms with van der Waals surface area (Å²) in [5.41, 5.74) is 0. The van der Waals surface area contributed by atoms with Gasteiger partial charge in [-0.15, -0.1) is 0 Å². The molecule has 1 N–H and O–H groups in total. The molecule has 1 aliphatic carbocycles. The van der Waals surface area contributed by atoms with Crippen LogP contribution in [-0.4, -0.2) is 29.6 Å². The largest absolute Gasteiger partial charge is 0.481 e. The predicted molar refractivity (Wildman–Crippen MR) is 51.4 cm³/mol. The van der Waals surface area contributed by atoms with Crippen LogP contribution in [0.15, 0.2) is 4.99 Å². The van der Waals surface area contributed by atoms with Crippen LogP contribution in [0.2, 0.25) is 0 Å². The van der Waals surface area contributed by atoms with Crippen LogP contribution in [0.4, 0.5) is 0 Å². The molecule has 2 rings (SSSR count). The van der Waals surface area contributed by atoms with Crippen LogP contribution in [-0.2, 0) is 9.53 Å². The van der Waals surface area contributed by atoms with E-state index in [4.69, 9.17) is 9.84 Å². The number of hydrogen-bond acceptors (Lipinski definition) is 3. The van der Waals surface area contributed by atoms with E-state index in [-0.39, 0.29) is 6.42 Å². The molecule has 1 saturated carbocycles. The number of carboxylic acids is 1. The summed E-state index contributed by atoms with van der Waals surface area (Å²) in [4.78, 5) is 14.7. The molecule has 2 aliphatic rings. The Kier molecular flexibility index (Phi) is 2.70. The minimum absolute atomic E-state index is 0.121. The topological polar surface area (TPSA) is 58.9 Å². The van der Waals surface area contributed by atoms with Crippen LogP contribution in [0.3, 0.4) is 0 Å². The Hall–Kier alpha value is -1.06. The van der Waals surface area contributed by atoms with Gasteiger partial charge in [0, 0.05) is 6.42 Å². The van der Waals surface area contributed by atoms with Gasteiger partial charge in [-0.3, -0.25) is 4.79 Å². The average molecular weight is 197 g/mol. The highest BCUT2D eigenvalue weighted by atomic mass is 16.5. The van der Waals surface area contributed by atoms with E-state index >= 15 is 0 Å². The summed E-state index contributed by atoms with van der Waals surface area (Å²) >= 11 is 0. The number of nitrogens with zero attached hydrogens (tertiary/aromatic N) is 1. The predicted octanol–water partition coefficient (Wildman–Crippen LogP) is 1.45. The summed E-state index contributed by atoms with van der Waals surface area (Å²) in [7, 11) is 0. The molecule has 0 amide bonds. The van der Waals surface area contributed by atoms with Gasteiger partial charge < -0.3 is 9.84 Å². The molecule has 0 aromatic carbocycles. The standard InChI is InChI=1S/C10H15NO3/c12-10(13)5-4-9-11-8(6-14-9)7-2-1-3-7/h7-8H,1-6H2,(H,12,13). The Balaban J connectivity index is 1.79. The summed E-state index contributed by atoms with van der Waals surface area (Å²) in [5, 5.41) is 8.50. The molecular formula is C10H15NO3. The van der Waals surface area contributed by atoms with Gasteiger partial charge in [0.15, 0.2) is 5.90 Å². The van der Waals surface area contributed by atoms with Crippen LogP contribution in [0, 0.1) is 5.92 Å². The van der Waals surface area contributed by atoms with E-state index in [0.717, 1.165) is 0 Å². The highest BCUT2D eigenvalue weighted by molar-refractivity contribution is 5.81. The molecule has 4 nitrogen and oxygen atoms in total. The van der Waals surface area contributed by atoms with E-state index in [2.05, 4.69) is 4.99 Å². The van der Waals surface area contributed by atoms with Gasteiger partial charge in [0.1, 0.15) is 6.61 Å². The molecule has 4 heteroatoms. The Bertz CT molecular complexity index is 258. The van der Waals surface area contributed by atoms with Gasteiger partial charge in [0.05, 0.1) is 12.5 Å². The van der Waals surface area contributed by atoms with Crippen molar-refractivity contribution in [3.05, 3.63) is 0 Å².